The lowest BCUT2D eigenvalue weighted by Crippen LogP contribution is -2.21. The third-order valence-electron chi connectivity index (χ3n) is 2.91. The van der Waals surface area contributed by atoms with E-state index in [9.17, 15) is 14.3 Å². The molecule has 0 saturated carbocycles. The molecule has 0 aliphatic rings. The summed E-state index contributed by atoms with van der Waals surface area (Å²) in [4.78, 5) is 11.5. The topological polar surface area (TPSA) is 51.5 Å². The lowest BCUT2D eigenvalue weighted by Gasteiger charge is -2.14. The standard InChI is InChI=1S/C15H16FNO3/c1-11(18)13-10-12(16)5-6-14(13)20-9-8-17-7-3-2-4-15(17)19/h2-7,10-11,18H,8-9H2,1H3/t11-/m1/s1. The molecule has 106 valence electrons. The van der Waals surface area contributed by atoms with E-state index in [-0.39, 0.29) is 12.2 Å². The van der Waals surface area contributed by atoms with E-state index in [1.165, 1.54) is 28.8 Å². The molecule has 2 aromatic rings. The maximum atomic E-state index is 13.1. The average Bonchev–Trinajstić information content (AvgIpc) is 2.42. The third-order valence-corrected chi connectivity index (χ3v) is 2.91. The maximum Gasteiger partial charge on any atom is 0.250 e. The molecule has 0 unspecified atom stereocenters. The first-order valence-corrected chi connectivity index (χ1v) is 6.33. The Kier molecular flexibility index (Phi) is 4.53. The van der Waals surface area contributed by atoms with Crippen molar-refractivity contribution in [2.24, 2.45) is 0 Å². The minimum absolute atomic E-state index is 0.106. The number of benzene rings is 1. The molecule has 0 saturated heterocycles. The Hall–Kier alpha value is -2.14. The van der Waals surface area contributed by atoms with Crippen LogP contribution in [0, 0.1) is 5.82 Å². The fourth-order valence-corrected chi connectivity index (χ4v) is 1.88. The van der Waals surface area contributed by atoms with Gasteiger partial charge in [-0.1, -0.05) is 6.07 Å². The van der Waals surface area contributed by atoms with Gasteiger partial charge in [-0.25, -0.2) is 4.39 Å². The zero-order valence-electron chi connectivity index (χ0n) is 11.1. The van der Waals surface area contributed by atoms with Crippen molar-refractivity contribution in [3.05, 3.63) is 64.3 Å². The predicted molar refractivity (Wildman–Crippen MR) is 73.2 cm³/mol. The van der Waals surface area contributed by atoms with Crippen LogP contribution in [-0.2, 0) is 6.54 Å². The van der Waals surface area contributed by atoms with E-state index in [1.807, 2.05) is 0 Å². The molecule has 2 rings (SSSR count). The van der Waals surface area contributed by atoms with Crippen LogP contribution in [0.3, 0.4) is 0 Å². The van der Waals surface area contributed by atoms with Crippen LogP contribution >= 0.6 is 0 Å². The largest absolute Gasteiger partial charge is 0.491 e. The Morgan fingerprint density at radius 2 is 2.15 bits per heavy atom. The first kappa shape index (κ1) is 14.3. The molecule has 0 aliphatic heterocycles. The molecule has 1 heterocycles. The zero-order valence-corrected chi connectivity index (χ0v) is 11.1. The maximum absolute atomic E-state index is 13.1. The first-order valence-electron chi connectivity index (χ1n) is 6.33. The van der Waals surface area contributed by atoms with Crippen molar-refractivity contribution in [3.63, 3.8) is 0 Å². The van der Waals surface area contributed by atoms with Crippen molar-refractivity contribution in [2.45, 2.75) is 19.6 Å². The van der Waals surface area contributed by atoms with Crippen molar-refractivity contribution in [1.82, 2.24) is 4.57 Å². The summed E-state index contributed by atoms with van der Waals surface area (Å²) >= 11 is 0. The number of hydrogen-bond acceptors (Lipinski definition) is 3. The fraction of sp³-hybridized carbons (Fsp3) is 0.267. The predicted octanol–water partition coefficient (Wildman–Crippen LogP) is 2.12. The zero-order chi connectivity index (χ0) is 14.5. The molecule has 0 spiro atoms. The third kappa shape index (κ3) is 3.45. The second-order valence-electron chi connectivity index (χ2n) is 4.44. The summed E-state index contributed by atoms with van der Waals surface area (Å²) in [6.45, 7) is 2.19. The number of hydrogen-bond donors (Lipinski definition) is 1. The van der Waals surface area contributed by atoms with Crippen LogP contribution in [0.1, 0.15) is 18.6 Å². The van der Waals surface area contributed by atoms with Crippen LogP contribution in [-0.4, -0.2) is 16.3 Å². The fourth-order valence-electron chi connectivity index (χ4n) is 1.88. The van der Waals surface area contributed by atoms with E-state index < -0.39 is 11.9 Å². The Bertz CT molecular complexity index is 637. The lowest BCUT2D eigenvalue weighted by atomic mass is 10.1. The van der Waals surface area contributed by atoms with Gasteiger partial charge in [0.1, 0.15) is 18.2 Å². The molecule has 1 aromatic carbocycles. The van der Waals surface area contributed by atoms with E-state index in [4.69, 9.17) is 4.74 Å². The van der Waals surface area contributed by atoms with Gasteiger partial charge in [-0.05, 0) is 31.2 Å². The van der Waals surface area contributed by atoms with Crippen LogP contribution in [0.2, 0.25) is 0 Å². The van der Waals surface area contributed by atoms with Gasteiger partial charge < -0.3 is 14.4 Å². The molecule has 0 aliphatic carbocycles. The number of aliphatic hydroxyl groups excluding tert-OH is 1. The van der Waals surface area contributed by atoms with Gasteiger partial charge in [0.25, 0.3) is 5.56 Å². The minimum atomic E-state index is -0.819. The number of ether oxygens (including phenoxy) is 1. The summed E-state index contributed by atoms with van der Waals surface area (Å²) in [5.41, 5.74) is 0.288. The number of pyridine rings is 1. The van der Waals surface area contributed by atoms with Crippen LogP contribution in [0.4, 0.5) is 4.39 Å². The Morgan fingerprint density at radius 1 is 1.35 bits per heavy atom. The summed E-state index contributed by atoms with van der Waals surface area (Å²) in [6, 6.07) is 8.90. The van der Waals surface area contributed by atoms with Crippen molar-refractivity contribution in [2.75, 3.05) is 6.61 Å². The smallest absolute Gasteiger partial charge is 0.250 e. The van der Waals surface area contributed by atoms with Gasteiger partial charge in [-0.2, -0.15) is 0 Å². The molecule has 0 amide bonds. The highest BCUT2D eigenvalue weighted by atomic mass is 19.1. The molecular formula is C15H16FNO3. The van der Waals surface area contributed by atoms with Crippen molar-refractivity contribution >= 4 is 0 Å². The highest BCUT2D eigenvalue weighted by molar-refractivity contribution is 5.35. The number of aliphatic hydroxyl groups is 1. The van der Waals surface area contributed by atoms with Gasteiger partial charge in [0.05, 0.1) is 12.6 Å². The van der Waals surface area contributed by atoms with Crippen LogP contribution in [0.15, 0.2) is 47.4 Å². The van der Waals surface area contributed by atoms with Crippen molar-refractivity contribution in [3.8, 4) is 5.75 Å². The first-order chi connectivity index (χ1) is 9.58. The van der Waals surface area contributed by atoms with Crippen molar-refractivity contribution in [1.29, 1.82) is 0 Å². The Morgan fingerprint density at radius 3 is 2.85 bits per heavy atom. The number of aromatic nitrogens is 1. The quantitative estimate of drug-likeness (QED) is 0.910. The van der Waals surface area contributed by atoms with Crippen molar-refractivity contribution < 1.29 is 14.2 Å². The summed E-state index contributed by atoms with van der Waals surface area (Å²) in [6.07, 6.45) is 0.853. The van der Waals surface area contributed by atoms with Crippen LogP contribution < -0.4 is 10.3 Å². The van der Waals surface area contributed by atoms with E-state index in [2.05, 4.69) is 0 Å². The molecule has 0 bridgehead atoms. The minimum Gasteiger partial charge on any atom is -0.491 e. The van der Waals surface area contributed by atoms with Gasteiger partial charge in [0.2, 0.25) is 0 Å². The van der Waals surface area contributed by atoms with E-state index in [1.54, 1.807) is 25.3 Å². The monoisotopic (exact) mass is 277 g/mol. The summed E-state index contributed by atoms with van der Waals surface area (Å²) in [7, 11) is 0. The summed E-state index contributed by atoms with van der Waals surface area (Å²) in [5, 5.41) is 9.59. The number of halogens is 1. The highest BCUT2D eigenvalue weighted by Gasteiger charge is 2.10. The molecule has 20 heavy (non-hydrogen) atoms. The Labute approximate surface area is 116 Å². The van der Waals surface area contributed by atoms with Gasteiger partial charge in [-0.15, -0.1) is 0 Å². The number of nitrogens with zero attached hydrogens (tertiary/aromatic N) is 1. The summed E-state index contributed by atoms with van der Waals surface area (Å²) in [5.74, 6) is -0.00194. The molecule has 1 aromatic heterocycles. The van der Waals surface area contributed by atoms with E-state index >= 15 is 0 Å². The van der Waals surface area contributed by atoms with Gasteiger partial charge in [0, 0.05) is 17.8 Å². The number of rotatable bonds is 5. The molecule has 1 N–H and O–H groups in total. The molecule has 0 radical (unpaired) electrons. The van der Waals surface area contributed by atoms with Gasteiger partial charge in [0.15, 0.2) is 0 Å². The highest BCUT2D eigenvalue weighted by Crippen LogP contribution is 2.25. The van der Waals surface area contributed by atoms with Crippen LogP contribution in [0.25, 0.3) is 0 Å². The molecule has 1 atom stereocenters. The normalized spacial score (nSPS) is 12.2. The Balaban J connectivity index is 2.05. The second-order valence-corrected chi connectivity index (χ2v) is 4.44. The van der Waals surface area contributed by atoms with E-state index in [0.717, 1.165) is 0 Å². The average molecular weight is 277 g/mol. The second kappa shape index (κ2) is 6.34. The molecular weight excluding hydrogens is 261 g/mol. The van der Waals surface area contributed by atoms with Gasteiger partial charge >= 0.3 is 0 Å². The van der Waals surface area contributed by atoms with E-state index in [0.29, 0.717) is 17.9 Å². The SMILES string of the molecule is C[C@@H](O)c1cc(F)ccc1OCCn1ccccc1=O. The van der Waals surface area contributed by atoms with Crippen LogP contribution in [0.5, 0.6) is 5.75 Å². The molecule has 4 nitrogen and oxygen atoms in total. The lowest BCUT2D eigenvalue weighted by molar-refractivity contribution is 0.189. The molecule has 0 fully saturated rings. The van der Waals surface area contributed by atoms with Gasteiger partial charge in [-0.3, -0.25) is 4.79 Å². The summed E-state index contributed by atoms with van der Waals surface area (Å²) < 4.78 is 20.2. The molecule has 5 heteroatoms.